The van der Waals surface area contributed by atoms with Gasteiger partial charge in [-0.05, 0) is 24.1 Å². The van der Waals surface area contributed by atoms with E-state index in [1.165, 1.54) is 6.92 Å². The molecule has 32 heavy (non-hydrogen) atoms. The molecule has 164 valence electrons. The molecule has 1 aliphatic rings. The van der Waals surface area contributed by atoms with Crippen molar-refractivity contribution in [2.75, 3.05) is 18.0 Å². The van der Waals surface area contributed by atoms with Crippen LogP contribution in [0.25, 0.3) is 17.1 Å². The number of aromatic nitrogens is 2. The zero-order valence-electron chi connectivity index (χ0n) is 17.5. The number of carboxylic acid groups (broad SMARTS) is 1. The number of carbonyl (C=O) groups excluding carboxylic acids is 2. The first-order valence-electron chi connectivity index (χ1n) is 10.2. The molecule has 0 saturated carbocycles. The number of amides is 3. The highest BCUT2D eigenvalue weighted by atomic mass is 16.4. The number of hydrogen-bond donors (Lipinski definition) is 4. The van der Waals surface area contributed by atoms with Crippen LogP contribution in [0.2, 0.25) is 0 Å². The van der Waals surface area contributed by atoms with E-state index in [4.69, 9.17) is 5.11 Å². The molecule has 1 aromatic carbocycles. The molecule has 1 atom stereocenters. The van der Waals surface area contributed by atoms with Crippen LogP contribution in [0.15, 0.2) is 54.4 Å². The van der Waals surface area contributed by atoms with Crippen molar-refractivity contribution in [1.29, 1.82) is 0 Å². The number of nitrogens with zero attached hydrogens (tertiary/aromatic N) is 2. The first-order chi connectivity index (χ1) is 15.4. The average molecular weight is 433 g/mol. The summed E-state index contributed by atoms with van der Waals surface area (Å²) in [7, 11) is 0. The summed E-state index contributed by atoms with van der Waals surface area (Å²) >= 11 is 0. The smallest absolute Gasteiger partial charge is 0.404 e. The Bertz CT molecular complexity index is 1200. The molecule has 0 aliphatic carbocycles. The zero-order chi connectivity index (χ0) is 22.7. The van der Waals surface area contributed by atoms with E-state index in [1.807, 2.05) is 30.3 Å². The lowest BCUT2D eigenvalue weighted by atomic mass is 10.0. The number of rotatable bonds is 6. The molecule has 0 bridgehead atoms. The monoisotopic (exact) mass is 433 g/mol. The lowest BCUT2D eigenvalue weighted by Crippen LogP contribution is -2.46. The van der Waals surface area contributed by atoms with Gasteiger partial charge in [-0.1, -0.05) is 30.3 Å². The van der Waals surface area contributed by atoms with Gasteiger partial charge in [-0.2, -0.15) is 0 Å². The largest absolute Gasteiger partial charge is 0.465 e. The number of aromatic amines is 1. The lowest BCUT2D eigenvalue weighted by Gasteiger charge is -2.23. The SMILES string of the molecule is CC(=O)N1CC(C(=O)N[C@H](CNC(=O)O)Cc2ccccc2)=Cc2c[nH]c3nccc1c23. The van der Waals surface area contributed by atoms with Crippen LogP contribution in [-0.2, 0) is 16.0 Å². The van der Waals surface area contributed by atoms with Gasteiger partial charge < -0.3 is 25.6 Å². The summed E-state index contributed by atoms with van der Waals surface area (Å²) in [5.41, 5.74) is 3.45. The van der Waals surface area contributed by atoms with Gasteiger partial charge in [0.25, 0.3) is 0 Å². The van der Waals surface area contributed by atoms with E-state index in [0.29, 0.717) is 23.3 Å². The van der Waals surface area contributed by atoms with Crippen molar-refractivity contribution in [3.05, 3.63) is 65.5 Å². The highest BCUT2D eigenvalue weighted by molar-refractivity contribution is 6.10. The summed E-state index contributed by atoms with van der Waals surface area (Å²) in [5.74, 6) is -0.557. The van der Waals surface area contributed by atoms with Gasteiger partial charge in [-0.25, -0.2) is 9.78 Å². The van der Waals surface area contributed by atoms with Crippen LogP contribution >= 0.6 is 0 Å². The predicted octanol–water partition coefficient (Wildman–Crippen LogP) is 2.31. The molecule has 9 nitrogen and oxygen atoms in total. The van der Waals surface area contributed by atoms with Gasteiger partial charge in [-0.3, -0.25) is 9.59 Å². The summed E-state index contributed by atoms with van der Waals surface area (Å²) in [6.07, 6.45) is 4.41. The average Bonchev–Trinajstić information content (AvgIpc) is 3.09. The summed E-state index contributed by atoms with van der Waals surface area (Å²) in [6, 6.07) is 10.8. The fourth-order valence-electron chi connectivity index (χ4n) is 3.87. The summed E-state index contributed by atoms with van der Waals surface area (Å²) in [6.45, 7) is 1.60. The number of benzene rings is 1. The van der Waals surface area contributed by atoms with Gasteiger partial charge in [0.1, 0.15) is 5.65 Å². The maximum atomic E-state index is 13.2. The molecular weight excluding hydrogens is 410 g/mol. The topological polar surface area (TPSA) is 127 Å². The van der Waals surface area contributed by atoms with Crippen molar-refractivity contribution in [3.8, 4) is 0 Å². The minimum atomic E-state index is -1.16. The summed E-state index contributed by atoms with van der Waals surface area (Å²) < 4.78 is 0. The molecule has 4 rings (SSSR count). The van der Waals surface area contributed by atoms with Crippen molar-refractivity contribution < 1.29 is 19.5 Å². The maximum Gasteiger partial charge on any atom is 0.404 e. The van der Waals surface area contributed by atoms with Crippen LogP contribution in [-0.4, -0.2) is 52.1 Å². The van der Waals surface area contributed by atoms with E-state index in [-0.39, 0.29) is 24.9 Å². The first kappa shape index (κ1) is 21.1. The van der Waals surface area contributed by atoms with E-state index >= 15 is 0 Å². The Labute approximate surface area is 184 Å². The Morgan fingerprint density at radius 1 is 1.22 bits per heavy atom. The van der Waals surface area contributed by atoms with E-state index in [0.717, 1.165) is 16.5 Å². The summed E-state index contributed by atoms with van der Waals surface area (Å²) in [4.78, 5) is 45.6. The molecule has 2 aromatic heterocycles. The van der Waals surface area contributed by atoms with Gasteiger partial charge in [0, 0.05) is 42.4 Å². The fourth-order valence-corrected chi connectivity index (χ4v) is 3.87. The molecule has 3 heterocycles. The second-order valence-corrected chi connectivity index (χ2v) is 7.62. The van der Waals surface area contributed by atoms with Crippen LogP contribution < -0.4 is 15.5 Å². The second kappa shape index (κ2) is 8.93. The molecule has 3 amide bonds. The van der Waals surface area contributed by atoms with Gasteiger partial charge in [0.05, 0.1) is 18.3 Å². The zero-order valence-corrected chi connectivity index (χ0v) is 17.5. The van der Waals surface area contributed by atoms with Gasteiger partial charge >= 0.3 is 6.09 Å². The Morgan fingerprint density at radius 2 is 2.00 bits per heavy atom. The lowest BCUT2D eigenvalue weighted by molar-refractivity contribution is -0.118. The minimum absolute atomic E-state index is 0.0538. The standard InChI is InChI=1S/C23H23N5O4/c1-14(29)28-13-17(10-16-11-25-21-20(16)19(28)7-8-24-21)22(30)27-18(12-26-23(31)32)9-15-5-3-2-4-6-15/h2-8,10-11,18,26H,9,12-13H2,1H3,(H,24,25)(H,27,30)(H,31,32)/t18-/m0/s1. The fraction of sp³-hybridized carbons (Fsp3) is 0.217. The van der Waals surface area contributed by atoms with Gasteiger partial charge in [0.2, 0.25) is 11.8 Å². The highest BCUT2D eigenvalue weighted by Crippen LogP contribution is 2.33. The molecule has 0 spiro atoms. The molecule has 4 N–H and O–H groups in total. The Hall–Kier alpha value is -4.14. The first-order valence-corrected chi connectivity index (χ1v) is 10.2. The third-order valence-electron chi connectivity index (χ3n) is 5.36. The van der Waals surface area contributed by atoms with Gasteiger partial charge in [-0.15, -0.1) is 0 Å². The molecule has 1 aliphatic heterocycles. The second-order valence-electron chi connectivity index (χ2n) is 7.62. The van der Waals surface area contributed by atoms with Crippen molar-refractivity contribution >= 4 is 40.7 Å². The van der Waals surface area contributed by atoms with E-state index in [9.17, 15) is 14.4 Å². The van der Waals surface area contributed by atoms with Crippen molar-refractivity contribution in [1.82, 2.24) is 20.6 Å². The van der Waals surface area contributed by atoms with Crippen LogP contribution in [0.4, 0.5) is 10.5 Å². The Morgan fingerprint density at radius 3 is 2.72 bits per heavy atom. The van der Waals surface area contributed by atoms with Crippen LogP contribution in [0.5, 0.6) is 0 Å². The quantitative estimate of drug-likeness (QED) is 0.474. The number of hydrogen-bond acceptors (Lipinski definition) is 4. The van der Waals surface area contributed by atoms with Crippen LogP contribution in [0, 0.1) is 0 Å². The van der Waals surface area contributed by atoms with Crippen LogP contribution in [0.3, 0.4) is 0 Å². The predicted molar refractivity (Wildman–Crippen MR) is 120 cm³/mol. The molecule has 0 unspecified atom stereocenters. The van der Waals surface area contributed by atoms with E-state index in [1.54, 1.807) is 29.4 Å². The number of anilines is 1. The Balaban J connectivity index is 1.61. The normalized spacial score (nSPS) is 13.8. The molecular formula is C23H23N5O4. The van der Waals surface area contributed by atoms with Crippen molar-refractivity contribution in [2.45, 2.75) is 19.4 Å². The van der Waals surface area contributed by atoms with Crippen LogP contribution in [0.1, 0.15) is 18.1 Å². The van der Waals surface area contributed by atoms with E-state index < -0.39 is 12.1 Å². The third kappa shape index (κ3) is 4.46. The molecule has 0 radical (unpaired) electrons. The summed E-state index contributed by atoms with van der Waals surface area (Å²) in [5, 5.41) is 15.1. The molecule has 0 fully saturated rings. The molecule has 3 aromatic rings. The van der Waals surface area contributed by atoms with Crippen molar-refractivity contribution in [2.24, 2.45) is 0 Å². The number of nitrogens with one attached hydrogen (secondary N) is 3. The van der Waals surface area contributed by atoms with Crippen molar-refractivity contribution in [3.63, 3.8) is 0 Å². The van der Waals surface area contributed by atoms with Gasteiger partial charge in [0.15, 0.2) is 0 Å². The number of carbonyl (C=O) groups is 3. The molecule has 9 heteroatoms. The minimum Gasteiger partial charge on any atom is -0.465 e. The number of pyridine rings is 1. The maximum absolute atomic E-state index is 13.2. The third-order valence-corrected chi connectivity index (χ3v) is 5.36. The highest BCUT2D eigenvalue weighted by Gasteiger charge is 2.26. The molecule has 0 saturated heterocycles. The number of H-pyrrole nitrogens is 1. The van der Waals surface area contributed by atoms with E-state index in [2.05, 4.69) is 20.6 Å². The Kier molecular flexibility index (Phi) is 5.89.